The van der Waals surface area contributed by atoms with Gasteiger partial charge in [-0.25, -0.2) is 0 Å². The Balaban J connectivity index is 1.74. The van der Waals surface area contributed by atoms with E-state index in [-0.39, 0.29) is 23.8 Å². The van der Waals surface area contributed by atoms with Gasteiger partial charge < -0.3 is 15.3 Å². The molecule has 0 aliphatic carbocycles. The number of anilines is 1. The number of phenols is 1. The number of carbonyl (C=O) groups is 2. The van der Waals surface area contributed by atoms with E-state index in [1.54, 1.807) is 12.1 Å². The molecule has 3 aromatic carbocycles. The van der Waals surface area contributed by atoms with Crippen molar-refractivity contribution >= 4 is 40.0 Å². The number of para-hydroxylation sites is 1. The fourth-order valence-electron chi connectivity index (χ4n) is 2.83. The largest absolute Gasteiger partial charge is 0.507 e. The van der Waals surface area contributed by atoms with Crippen LogP contribution in [0.4, 0.5) is 5.69 Å². The summed E-state index contributed by atoms with van der Waals surface area (Å²) in [5, 5.41) is 14.7. The Kier molecular flexibility index (Phi) is 5.66. The number of carbonyl (C=O) groups excluding carboxylic acids is 2. The number of benzene rings is 3. The summed E-state index contributed by atoms with van der Waals surface area (Å²) < 4.78 is 0. The van der Waals surface area contributed by atoms with E-state index >= 15 is 0 Å². The molecule has 0 radical (unpaired) electrons. The first kappa shape index (κ1) is 18.8. The van der Waals surface area contributed by atoms with Crippen molar-refractivity contribution < 1.29 is 14.7 Å². The summed E-state index contributed by atoms with van der Waals surface area (Å²) in [5.41, 5.74) is 0.887. The highest BCUT2D eigenvalue weighted by molar-refractivity contribution is 7.98. The van der Waals surface area contributed by atoms with Crippen molar-refractivity contribution in [2.75, 3.05) is 25.2 Å². The second kappa shape index (κ2) is 8.14. The average molecular weight is 380 g/mol. The molecule has 3 aromatic rings. The molecule has 0 bridgehead atoms. The molecule has 27 heavy (non-hydrogen) atoms. The van der Waals surface area contributed by atoms with Crippen LogP contribution in [0.25, 0.3) is 10.8 Å². The van der Waals surface area contributed by atoms with Crippen LogP contribution in [0.3, 0.4) is 0 Å². The fraction of sp³-hybridized carbons (Fsp3) is 0.143. The number of amides is 2. The molecule has 0 saturated carbocycles. The zero-order chi connectivity index (χ0) is 19.4. The molecular weight excluding hydrogens is 360 g/mol. The maximum absolute atomic E-state index is 12.7. The lowest BCUT2D eigenvalue weighted by molar-refractivity contribution is -0.116. The molecule has 0 saturated heterocycles. The predicted molar refractivity (Wildman–Crippen MR) is 109 cm³/mol. The summed E-state index contributed by atoms with van der Waals surface area (Å²) in [5.74, 6) is -0.808. The summed E-state index contributed by atoms with van der Waals surface area (Å²) in [6, 6.07) is 18.2. The van der Waals surface area contributed by atoms with Gasteiger partial charge in [0, 0.05) is 11.9 Å². The minimum Gasteiger partial charge on any atom is -0.507 e. The summed E-state index contributed by atoms with van der Waals surface area (Å²) in [4.78, 5) is 27.3. The molecule has 0 aromatic heterocycles. The van der Waals surface area contributed by atoms with Crippen molar-refractivity contribution in [3.63, 3.8) is 0 Å². The second-order valence-corrected chi connectivity index (χ2v) is 6.97. The van der Waals surface area contributed by atoms with Crippen LogP contribution in [0.15, 0.2) is 65.6 Å². The molecule has 0 heterocycles. The Morgan fingerprint density at radius 1 is 1.04 bits per heavy atom. The van der Waals surface area contributed by atoms with E-state index in [1.807, 2.05) is 54.8 Å². The number of aromatic hydroxyl groups is 1. The van der Waals surface area contributed by atoms with Crippen molar-refractivity contribution in [2.45, 2.75) is 4.90 Å². The zero-order valence-electron chi connectivity index (χ0n) is 15.1. The number of nitrogens with zero attached hydrogens (tertiary/aromatic N) is 1. The van der Waals surface area contributed by atoms with Crippen molar-refractivity contribution in [1.29, 1.82) is 0 Å². The lowest BCUT2D eigenvalue weighted by atomic mass is 10.1. The smallest absolute Gasteiger partial charge is 0.257 e. The number of thioether (sulfide) groups is 1. The number of likely N-dealkylation sites (N-methyl/N-ethyl adjacent to an activating group) is 1. The average Bonchev–Trinajstić information content (AvgIpc) is 2.67. The standard InChI is InChI=1S/C21H20N2O3S/c1-23(13-20(25)22-17-9-5-6-10-19(17)27-2)21(26)16-11-14-7-3-4-8-15(14)12-18(16)24/h3-12,24H,13H2,1-2H3,(H,22,25). The van der Waals surface area contributed by atoms with E-state index < -0.39 is 5.91 Å². The molecule has 0 aliphatic heterocycles. The van der Waals surface area contributed by atoms with Gasteiger partial charge in [0.25, 0.3) is 5.91 Å². The van der Waals surface area contributed by atoms with Gasteiger partial charge in [-0.1, -0.05) is 36.4 Å². The third-order valence-corrected chi connectivity index (χ3v) is 5.00. The van der Waals surface area contributed by atoms with E-state index in [0.717, 1.165) is 15.7 Å². The first-order chi connectivity index (χ1) is 13.0. The van der Waals surface area contributed by atoms with Gasteiger partial charge in [0.15, 0.2) is 0 Å². The highest BCUT2D eigenvalue weighted by Crippen LogP contribution is 2.26. The number of fused-ring (bicyclic) bond motifs is 1. The highest BCUT2D eigenvalue weighted by atomic mass is 32.2. The van der Waals surface area contributed by atoms with Crippen molar-refractivity contribution in [1.82, 2.24) is 4.90 Å². The summed E-state index contributed by atoms with van der Waals surface area (Å²) >= 11 is 1.53. The first-order valence-electron chi connectivity index (χ1n) is 8.39. The molecule has 0 aliphatic rings. The molecular formula is C21H20N2O3S. The lowest BCUT2D eigenvalue weighted by Gasteiger charge is -2.18. The van der Waals surface area contributed by atoms with Gasteiger partial charge in [0.1, 0.15) is 5.75 Å². The number of nitrogens with one attached hydrogen (secondary N) is 1. The molecule has 138 valence electrons. The minimum atomic E-state index is -0.411. The number of phenolic OH excluding ortho intramolecular Hbond substituents is 1. The van der Waals surface area contributed by atoms with E-state index in [2.05, 4.69) is 5.32 Å². The monoisotopic (exact) mass is 380 g/mol. The van der Waals surface area contributed by atoms with Crippen LogP contribution >= 0.6 is 11.8 Å². The molecule has 0 spiro atoms. The van der Waals surface area contributed by atoms with Gasteiger partial charge in [-0.2, -0.15) is 0 Å². The van der Waals surface area contributed by atoms with Crippen molar-refractivity contribution in [3.8, 4) is 5.75 Å². The zero-order valence-corrected chi connectivity index (χ0v) is 15.9. The second-order valence-electron chi connectivity index (χ2n) is 6.13. The predicted octanol–water partition coefficient (Wildman–Crippen LogP) is 3.98. The Morgan fingerprint density at radius 3 is 2.37 bits per heavy atom. The SMILES string of the molecule is CSc1ccccc1NC(=O)CN(C)C(=O)c1cc2ccccc2cc1O. The van der Waals surface area contributed by atoms with Crippen LogP contribution in [0.5, 0.6) is 5.75 Å². The Hall–Kier alpha value is -2.99. The van der Waals surface area contributed by atoms with Gasteiger partial charge in [-0.05, 0) is 41.3 Å². The lowest BCUT2D eigenvalue weighted by Crippen LogP contribution is -2.35. The molecule has 0 fully saturated rings. The van der Waals surface area contributed by atoms with Crippen LogP contribution in [0, 0.1) is 0 Å². The first-order valence-corrected chi connectivity index (χ1v) is 9.62. The normalized spacial score (nSPS) is 10.6. The van der Waals surface area contributed by atoms with Crippen molar-refractivity contribution in [3.05, 3.63) is 66.2 Å². The maximum Gasteiger partial charge on any atom is 0.257 e. The van der Waals surface area contributed by atoms with E-state index in [1.165, 1.54) is 23.7 Å². The van der Waals surface area contributed by atoms with Gasteiger partial charge in [-0.3, -0.25) is 9.59 Å². The quantitative estimate of drug-likeness (QED) is 0.657. The van der Waals surface area contributed by atoms with E-state index in [4.69, 9.17) is 0 Å². The van der Waals surface area contributed by atoms with Gasteiger partial charge in [0.2, 0.25) is 5.91 Å². The Bertz CT molecular complexity index is 1000. The minimum absolute atomic E-state index is 0.0984. The molecule has 3 rings (SSSR count). The molecule has 6 heteroatoms. The van der Waals surface area contributed by atoms with Gasteiger partial charge >= 0.3 is 0 Å². The Labute approximate surface area is 162 Å². The van der Waals surface area contributed by atoms with Crippen LogP contribution in [0.2, 0.25) is 0 Å². The van der Waals surface area contributed by atoms with E-state index in [9.17, 15) is 14.7 Å². The maximum atomic E-state index is 12.7. The molecule has 5 nitrogen and oxygen atoms in total. The molecule has 0 atom stereocenters. The van der Waals surface area contributed by atoms with Crippen LogP contribution in [-0.2, 0) is 4.79 Å². The van der Waals surface area contributed by atoms with Crippen LogP contribution in [-0.4, -0.2) is 41.7 Å². The summed E-state index contributed by atoms with van der Waals surface area (Å²) in [6.45, 7) is -0.117. The number of rotatable bonds is 5. The van der Waals surface area contributed by atoms with E-state index in [0.29, 0.717) is 5.69 Å². The van der Waals surface area contributed by atoms with Crippen LogP contribution in [0.1, 0.15) is 10.4 Å². The molecule has 2 N–H and O–H groups in total. The van der Waals surface area contributed by atoms with Crippen LogP contribution < -0.4 is 5.32 Å². The topological polar surface area (TPSA) is 69.6 Å². The highest BCUT2D eigenvalue weighted by Gasteiger charge is 2.19. The fourth-order valence-corrected chi connectivity index (χ4v) is 3.38. The summed E-state index contributed by atoms with van der Waals surface area (Å²) in [7, 11) is 1.54. The van der Waals surface area contributed by atoms with Gasteiger partial charge in [0.05, 0.1) is 17.8 Å². The summed E-state index contributed by atoms with van der Waals surface area (Å²) in [6.07, 6.45) is 1.93. The van der Waals surface area contributed by atoms with Gasteiger partial charge in [-0.15, -0.1) is 11.8 Å². The number of hydrogen-bond acceptors (Lipinski definition) is 4. The molecule has 0 unspecified atom stereocenters. The Morgan fingerprint density at radius 2 is 1.67 bits per heavy atom. The third-order valence-electron chi connectivity index (χ3n) is 4.20. The van der Waals surface area contributed by atoms with Crippen molar-refractivity contribution in [2.24, 2.45) is 0 Å². The number of hydrogen-bond donors (Lipinski definition) is 2. The third kappa shape index (κ3) is 4.23. The molecule has 2 amide bonds.